The third-order valence-corrected chi connectivity index (χ3v) is 3.31. The molecule has 1 aromatic heterocycles. The molecule has 1 aliphatic rings. The standard InChI is InChI=1S/C13H22N4/c1-4-12-10(2)13(16-11(3)15-12)17-8-5-6-14-7-9-17/h14H,4-9H2,1-3H3. The lowest BCUT2D eigenvalue weighted by Crippen LogP contribution is -2.30. The molecule has 2 heterocycles. The van der Waals surface area contributed by atoms with E-state index < -0.39 is 0 Å². The maximum absolute atomic E-state index is 4.63. The van der Waals surface area contributed by atoms with Crippen LogP contribution >= 0.6 is 0 Å². The van der Waals surface area contributed by atoms with E-state index in [0.717, 1.165) is 44.2 Å². The third kappa shape index (κ3) is 2.75. The van der Waals surface area contributed by atoms with Crippen molar-refractivity contribution in [3.8, 4) is 0 Å². The van der Waals surface area contributed by atoms with Crippen LogP contribution in [-0.2, 0) is 6.42 Å². The number of hydrogen-bond donors (Lipinski definition) is 1. The molecule has 0 saturated carbocycles. The molecule has 0 aromatic carbocycles. The first-order valence-corrected chi connectivity index (χ1v) is 6.52. The topological polar surface area (TPSA) is 41.1 Å². The van der Waals surface area contributed by atoms with Gasteiger partial charge < -0.3 is 10.2 Å². The second-order valence-electron chi connectivity index (χ2n) is 4.61. The summed E-state index contributed by atoms with van der Waals surface area (Å²) in [5, 5.41) is 3.42. The van der Waals surface area contributed by atoms with Crippen molar-refractivity contribution in [2.24, 2.45) is 0 Å². The predicted octanol–water partition coefficient (Wildman–Crippen LogP) is 1.46. The van der Waals surface area contributed by atoms with Crippen molar-refractivity contribution in [3.63, 3.8) is 0 Å². The van der Waals surface area contributed by atoms with Crippen LogP contribution in [0.4, 0.5) is 5.82 Å². The first kappa shape index (κ1) is 12.3. The van der Waals surface area contributed by atoms with E-state index in [4.69, 9.17) is 0 Å². The van der Waals surface area contributed by atoms with Crippen molar-refractivity contribution in [1.82, 2.24) is 15.3 Å². The van der Waals surface area contributed by atoms with E-state index in [9.17, 15) is 0 Å². The molecule has 2 rings (SSSR count). The molecule has 0 bridgehead atoms. The normalized spacial score (nSPS) is 17.0. The lowest BCUT2D eigenvalue weighted by atomic mass is 10.1. The number of nitrogens with one attached hydrogen (secondary N) is 1. The minimum atomic E-state index is 0.889. The van der Waals surface area contributed by atoms with Gasteiger partial charge in [-0.25, -0.2) is 9.97 Å². The highest BCUT2D eigenvalue weighted by molar-refractivity contribution is 5.48. The molecule has 0 atom stereocenters. The predicted molar refractivity (Wildman–Crippen MR) is 70.6 cm³/mol. The van der Waals surface area contributed by atoms with Gasteiger partial charge in [0.2, 0.25) is 0 Å². The van der Waals surface area contributed by atoms with E-state index in [-0.39, 0.29) is 0 Å². The summed E-state index contributed by atoms with van der Waals surface area (Å²) in [4.78, 5) is 11.5. The van der Waals surface area contributed by atoms with Gasteiger partial charge in [0.25, 0.3) is 0 Å². The number of aromatic nitrogens is 2. The molecular weight excluding hydrogens is 212 g/mol. The van der Waals surface area contributed by atoms with E-state index in [1.165, 1.54) is 17.7 Å². The van der Waals surface area contributed by atoms with Gasteiger partial charge in [-0.1, -0.05) is 6.92 Å². The second kappa shape index (κ2) is 5.45. The molecule has 1 aliphatic heterocycles. The van der Waals surface area contributed by atoms with Gasteiger partial charge in [0, 0.05) is 30.9 Å². The monoisotopic (exact) mass is 234 g/mol. The molecule has 4 heteroatoms. The Labute approximate surface area is 103 Å². The van der Waals surface area contributed by atoms with Crippen LogP contribution in [0.3, 0.4) is 0 Å². The Hall–Kier alpha value is -1.16. The number of aryl methyl sites for hydroxylation is 2. The molecule has 1 fully saturated rings. The van der Waals surface area contributed by atoms with Crippen molar-refractivity contribution >= 4 is 5.82 Å². The van der Waals surface area contributed by atoms with Crippen molar-refractivity contribution < 1.29 is 0 Å². The SMILES string of the molecule is CCc1nc(C)nc(N2CCCNCC2)c1C. The van der Waals surface area contributed by atoms with Crippen LogP contribution in [0.1, 0.15) is 30.4 Å². The average molecular weight is 234 g/mol. The lowest BCUT2D eigenvalue weighted by molar-refractivity contribution is 0.724. The van der Waals surface area contributed by atoms with Crippen molar-refractivity contribution in [3.05, 3.63) is 17.1 Å². The van der Waals surface area contributed by atoms with Gasteiger partial charge in [-0.15, -0.1) is 0 Å². The molecular formula is C13H22N4. The van der Waals surface area contributed by atoms with Crippen LogP contribution < -0.4 is 10.2 Å². The Kier molecular flexibility index (Phi) is 3.94. The highest BCUT2D eigenvalue weighted by Gasteiger charge is 2.16. The van der Waals surface area contributed by atoms with Crippen molar-refractivity contribution in [2.45, 2.75) is 33.6 Å². The molecule has 1 saturated heterocycles. The zero-order valence-corrected chi connectivity index (χ0v) is 11.1. The number of rotatable bonds is 2. The van der Waals surface area contributed by atoms with E-state index in [1.54, 1.807) is 0 Å². The van der Waals surface area contributed by atoms with Crippen molar-refractivity contribution in [2.75, 3.05) is 31.1 Å². The summed E-state index contributed by atoms with van der Waals surface area (Å²) >= 11 is 0. The van der Waals surface area contributed by atoms with E-state index in [1.807, 2.05) is 6.92 Å². The Morgan fingerprint density at radius 3 is 2.76 bits per heavy atom. The minimum absolute atomic E-state index is 0.889. The van der Waals surface area contributed by atoms with Crippen LogP contribution in [0.5, 0.6) is 0 Å². The smallest absolute Gasteiger partial charge is 0.135 e. The maximum atomic E-state index is 4.63. The van der Waals surface area contributed by atoms with E-state index >= 15 is 0 Å². The molecule has 0 unspecified atom stereocenters. The highest BCUT2D eigenvalue weighted by Crippen LogP contribution is 2.21. The summed E-state index contributed by atoms with van der Waals surface area (Å²) in [6.45, 7) is 10.6. The summed E-state index contributed by atoms with van der Waals surface area (Å²) in [6.07, 6.45) is 2.16. The molecule has 4 nitrogen and oxygen atoms in total. The fourth-order valence-corrected chi connectivity index (χ4v) is 2.38. The summed E-state index contributed by atoms with van der Waals surface area (Å²) in [5.74, 6) is 2.03. The summed E-state index contributed by atoms with van der Waals surface area (Å²) in [7, 11) is 0. The Balaban J connectivity index is 2.32. The fraction of sp³-hybridized carbons (Fsp3) is 0.692. The third-order valence-electron chi connectivity index (χ3n) is 3.31. The largest absolute Gasteiger partial charge is 0.355 e. The average Bonchev–Trinajstić information content (AvgIpc) is 2.60. The van der Waals surface area contributed by atoms with Gasteiger partial charge in [-0.05, 0) is 33.2 Å². The highest BCUT2D eigenvalue weighted by atomic mass is 15.2. The summed E-state index contributed by atoms with van der Waals surface area (Å²) < 4.78 is 0. The molecule has 0 aliphatic carbocycles. The number of anilines is 1. The quantitative estimate of drug-likeness (QED) is 0.841. The summed E-state index contributed by atoms with van der Waals surface area (Å²) in [6, 6.07) is 0. The van der Waals surface area contributed by atoms with Gasteiger partial charge in [-0.2, -0.15) is 0 Å². The Morgan fingerprint density at radius 2 is 2.00 bits per heavy atom. The number of nitrogens with zero attached hydrogens (tertiary/aromatic N) is 3. The van der Waals surface area contributed by atoms with Gasteiger partial charge in [0.05, 0.1) is 0 Å². The Morgan fingerprint density at radius 1 is 1.18 bits per heavy atom. The van der Waals surface area contributed by atoms with Crippen LogP contribution in [0.2, 0.25) is 0 Å². The van der Waals surface area contributed by atoms with Gasteiger partial charge in [0.15, 0.2) is 0 Å². The van der Waals surface area contributed by atoms with Gasteiger partial charge >= 0.3 is 0 Å². The first-order chi connectivity index (χ1) is 8.22. The van der Waals surface area contributed by atoms with Gasteiger partial charge in [-0.3, -0.25) is 0 Å². The van der Waals surface area contributed by atoms with E-state index in [2.05, 4.69) is 34.0 Å². The molecule has 0 spiro atoms. The second-order valence-corrected chi connectivity index (χ2v) is 4.61. The minimum Gasteiger partial charge on any atom is -0.355 e. The first-order valence-electron chi connectivity index (χ1n) is 6.52. The van der Waals surface area contributed by atoms with Crippen LogP contribution in [-0.4, -0.2) is 36.1 Å². The van der Waals surface area contributed by atoms with E-state index in [0.29, 0.717) is 0 Å². The molecule has 94 valence electrons. The Bertz CT molecular complexity index is 381. The van der Waals surface area contributed by atoms with Crippen molar-refractivity contribution in [1.29, 1.82) is 0 Å². The molecule has 1 aromatic rings. The zero-order chi connectivity index (χ0) is 12.3. The fourth-order valence-electron chi connectivity index (χ4n) is 2.38. The lowest BCUT2D eigenvalue weighted by Gasteiger charge is -2.24. The van der Waals surface area contributed by atoms with Gasteiger partial charge in [0.1, 0.15) is 11.6 Å². The molecule has 0 amide bonds. The molecule has 17 heavy (non-hydrogen) atoms. The molecule has 0 radical (unpaired) electrons. The van der Waals surface area contributed by atoms with Crippen LogP contribution in [0, 0.1) is 13.8 Å². The molecule has 1 N–H and O–H groups in total. The number of hydrogen-bond acceptors (Lipinski definition) is 4. The summed E-state index contributed by atoms with van der Waals surface area (Å²) in [5.41, 5.74) is 2.43. The maximum Gasteiger partial charge on any atom is 0.135 e. The van der Waals surface area contributed by atoms with Crippen LogP contribution in [0.25, 0.3) is 0 Å². The zero-order valence-electron chi connectivity index (χ0n) is 11.1. The van der Waals surface area contributed by atoms with Crippen LogP contribution in [0.15, 0.2) is 0 Å².